The fourth-order valence-electron chi connectivity index (χ4n) is 4.25. The van der Waals surface area contributed by atoms with Crippen LogP contribution in [-0.2, 0) is 11.3 Å². The van der Waals surface area contributed by atoms with Gasteiger partial charge >= 0.3 is 0 Å². The molecule has 2 saturated heterocycles. The van der Waals surface area contributed by atoms with Crippen molar-refractivity contribution in [2.45, 2.75) is 32.7 Å². The van der Waals surface area contributed by atoms with Crippen LogP contribution < -0.4 is 0 Å². The number of carbonyl (C=O) groups is 1. The normalized spacial score (nSPS) is 20.6. The molecule has 2 aliphatic rings. The van der Waals surface area contributed by atoms with Gasteiger partial charge in [-0.1, -0.05) is 24.3 Å². The molecule has 1 aromatic heterocycles. The molecule has 2 aromatic rings. The summed E-state index contributed by atoms with van der Waals surface area (Å²) in [5.74, 6) is 2.19. The van der Waals surface area contributed by atoms with Crippen LogP contribution in [0.15, 0.2) is 40.8 Å². The minimum Gasteiger partial charge on any atom is -0.461 e. The van der Waals surface area contributed by atoms with E-state index in [0.717, 1.165) is 62.5 Å². The van der Waals surface area contributed by atoms with Gasteiger partial charge in [0.2, 0.25) is 5.91 Å². The monoisotopic (exact) mass is 338 g/mol. The molecule has 0 saturated carbocycles. The third-order valence-electron chi connectivity index (χ3n) is 5.83. The lowest BCUT2D eigenvalue weighted by Crippen LogP contribution is -2.40. The fourth-order valence-corrected chi connectivity index (χ4v) is 4.25. The lowest BCUT2D eigenvalue weighted by atomic mass is 9.77. The molecule has 3 heterocycles. The largest absolute Gasteiger partial charge is 0.461 e. The average Bonchev–Trinajstić information content (AvgIpc) is 3.15. The summed E-state index contributed by atoms with van der Waals surface area (Å²) in [5, 5.41) is 0. The summed E-state index contributed by atoms with van der Waals surface area (Å²) in [6.07, 6.45) is 3.01. The molecule has 0 atom stereocenters. The quantitative estimate of drug-likeness (QED) is 0.856. The van der Waals surface area contributed by atoms with Crippen LogP contribution in [0.3, 0.4) is 0 Å². The molecule has 0 bridgehead atoms. The maximum atomic E-state index is 11.9. The van der Waals surface area contributed by atoms with Crippen molar-refractivity contribution in [3.05, 3.63) is 47.7 Å². The van der Waals surface area contributed by atoms with Crippen molar-refractivity contribution in [3.8, 4) is 11.3 Å². The summed E-state index contributed by atoms with van der Waals surface area (Å²) >= 11 is 0. The Balaban J connectivity index is 1.35. The minimum atomic E-state index is 0.239. The van der Waals surface area contributed by atoms with Gasteiger partial charge in [-0.2, -0.15) is 0 Å². The van der Waals surface area contributed by atoms with Crippen LogP contribution in [0.2, 0.25) is 0 Å². The zero-order valence-corrected chi connectivity index (χ0v) is 15.1. The number of carbonyl (C=O) groups excluding carboxylic acids is 1. The minimum absolute atomic E-state index is 0.239. The molecule has 1 spiro atoms. The zero-order valence-electron chi connectivity index (χ0n) is 15.1. The highest BCUT2D eigenvalue weighted by Crippen LogP contribution is 2.40. The SMILES string of the molecule is Cc1ccc(-c2ccc(CN3CCC4(CC3)CC(=O)N(C)C4)cc2)o1. The number of likely N-dealkylation sites (tertiary alicyclic amines) is 2. The molecule has 4 rings (SSSR count). The predicted octanol–water partition coefficient (Wildman–Crippen LogP) is 3.70. The van der Waals surface area contributed by atoms with Crippen LogP contribution >= 0.6 is 0 Å². The van der Waals surface area contributed by atoms with Crippen LogP contribution in [0.25, 0.3) is 11.3 Å². The molecule has 1 aromatic carbocycles. The molecule has 1 amide bonds. The number of hydrogen-bond donors (Lipinski definition) is 0. The summed E-state index contributed by atoms with van der Waals surface area (Å²) in [7, 11) is 1.94. The van der Waals surface area contributed by atoms with Gasteiger partial charge < -0.3 is 9.32 Å². The van der Waals surface area contributed by atoms with Gasteiger partial charge in [0.25, 0.3) is 0 Å². The Hall–Kier alpha value is -2.07. The molecule has 4 nitrogen and oxygen atoms in total. The molecule has 4 heteroatoms. The Morgan fingerprint density at radius 1 is 1.08 bits per heavy atom. The molecule has 0 N–H and O–H groups in total. The van der Waals surface area contributed by atoms with E-state index in [0.29, 0.717) is 5.91 Å². The molecular weight excluding hydrogens is 312 g/mol. The highest BCUT2D eigenvalue weighted by Gasteiger charge is 2.43. The molecule has 0 unspecified atom stereocenters. The van der Waals surface area contributed by atoms with E-state index in [1.54, 1.807) is 0 Å². The van der Waals surface area contributed by atoms with Crippen LogP contribution in [0.4, 0.5) is 0 Å². The van der Waals surface area contributed by atoms with Crippen molar-refractivity contribution >= 4 is 5.91 Å². The van der Waals surface area contributed by atoms with Gasteiger partial charge in [0, 0.05) is 32.1 Å². The summed E-state index contributed by atoms with van der Waals surface area (Å²) < 4.78 is 5.69. The predicted molar refractivity (Wildman–Crippen MR) is 98.1 cm³/mol. The average molecular weight is 338 g/mol. The fraction of sp³-hybridized carbons (Fsp3) is 0.476. The van der Waals surface area contributed by atoms with E-state index in [1.165, 1.54) is 5.56 Å². The van der Waals surface area contributed by atoms with E-state index >= 15 is 0 Å². The van der Waals surface area contributed by atoms with Gasteiger partial charge in [0.1, 0.15) is 11.5 Å². The maximum Gasteiger partial charge on any atom is 0.222 e. The molecule has 132 valence electrons. The van der Waals surface area contributed by atoms with E-state index in [1.807, 2.05) is 31.0 Å². The van der Waals surface area contributed by atoms with E-state index in [2.05, 4.69) is 29.2 Å². The van der Waals surface area contributed by atoms with Gasteiger partial charge in [0.05, 0.1) is 0 Å². The second-order valence-corrected chi connectivity index (χ2v) is 7.81. The summed E-state index contributed by atoms with van der Waals surface area (Å²) in [6, 6.07) is 12.7. The van der Waals surface area contributed by atoms with Crippen molar-refractivity contribution in [2.24, 2.45) is 5.41 Å². The molecule has 25 heavy (non-hydrogen) atoms. The topological polar surface area (TPSA) is 36.7 Å². The van der Waals surface area contributed by atoms with Crippen LogP contribution in [-0.4, -0.2) is 42.4 Å². The third kappa shape index (κ3) is 3.36. The van der Waals surface area contributed by atoms with Gasteiger partial charge in [-0.3, -0.25) is 9.69 Å². The lowest BCUT2D eigenvalue weighted by Gasteiger charge is -2.38. The van der Waals surface area contributed by atoms with E-state index in [4.69, 9.17) is 4.42 Å². The van der Waals surface area contributed by atoms with Gasteiger partial charge in [-0.05, 0) is 56.0 Å². The van der Waals surface area contributed by atoms with E-state index in [9.17, 15) is 4.79 Å². The smallest absolute Gasteiger partial charge is 0.222 e. The molecule has 0 aliphatic carbocycles. The van der Waals surface area contributed by atoms with Gasteiger partial charge in [-0.25, -0.2) is 0 Å². The summed E-state index contributed by atoms with van der Waals surface area (Å²) in [6.45, 7) is 6.06. The van der Waals surface area contributed by atoms with E-state index < -0.39 is 0 Å². The number of furan rings is 1. The first-order valence-corrected chi connectivity index (χ1v) is 9.15. The van der Waals surface area contributed by atoms with Crippen LogP contribution in [0.1, 0.15) is 30.6 Å². The second-order valence-electron chi connectivity index (χ2n) is 7.81. The highest BCUT2D eigenvalue weighted by atomic mass is 16.3. The number of amides is 1. The molecule has 2 fully saturated rings. The van der Waals surface area contributed by atoms with Crippen LogP contribution in [0.5, 0.6) is 0 Å². The Labute approximate surface area is 149 Å². The molecule has 0 radical (unpaired) electrons. The van der Waals surface area contributed by atoms with Gasteiger partial charge in [-0.15, -0.1) is 0 Å². The Morgan fingerprint density at radius 2 is 1.80 bits per heavy atom. The Kier molecular flexibility index (Phi) is 4.16. The summed E-state index contributed by atoms with van der Waals surface area (Å²) in [5.41, 5.74) is 2.70. The molecular formula is C21H26N2O2. The third-order valence-corrected chi connectivity index (χ3v) is 5.83. The van der Waals surface area contributed by atoms with E-state index in [-0.39, 0.29) is 5.41 Å². The Bertz CT molecular complexity index is 754. The Morgan fingerprint density at radius 3 is 2.36 bits per heavy atom. The van der Waals surface area contributed by atoms with Crippen molar-refractivity contribution in [2.75, 3.05) is 26.7 Å². The van der Waals surface area contributed by atoms with Crippen molar-refractivity contribution in [3.63, 3.8) is 0 Å². The van der Waals surface area contributed by atoms with Crippen LogP contribution in [0, 0.1) is 12.3 Å². The highest BCUT2D eigenvalue weighted by molar-refractivity contribution is 5.79. The first-order chi connectivity index (χ1) is 12.0. The first kappa shape index (κ1) is 16.4. The zero-order chi connectivity index (χ0) is 17.4. The first-order valence-electron chi connectivity index (χ1n) is 9.15. The number of nitrogens with zero attached hydrogens (tertiary/aromatic N) is 2. The number of rotatable bonds is 3. The van der Waals surface area contributed by atoms with Crippen molar-refractivity contribution in [1.29, 1.82) is 0 Å². The van der Waals surface area contributed by atoms with Crippen molar-refractivity contribution < 1.29 is 9.21 Å². The summed E-state index contributed by atoms with van der Waals surface area (Å²) in [4.78, 5) is 16.3. The van der Waals surface area contributed by atoms with Gasteiger partial charge in [0.15, 0.2) is 0 Å². The second kappa shape index (κ2) is 6.34. The standard InChI is InChI=1S/C21H26N2O2/c1-16-3-8-19(25-16)18-6-4-17(5-7-18)14-23-11-9-21(10-12-23)13-20(24)22(2)15-21/h3-8H,9-15H2,1-2H3. The van der Waals surface area contributed by atoms with Crippen molar-refractivity contribution in [1.82, 2.24) is 9.80 Å². The number of hydrogen-bond acceptors (Lipinski definition) is 3. The maximum absolute atomic E-state index is 11.9. The number of piperidine rings is 1. The number of aryl methyl sites for hydroxylation is 1. The molecule has 2 aliphatic heterocycles. The number of benzene rings is 1. The lowest BCUT2D eigenvalue weighted by molar-refractivity contribution is -0.126.